The molecule has 22 heavy (non-hydrogen) atoms. The Hall–Kier alpha value is -1.88. The van der Waals surface area contributed by atoms with Gasteiger partial charge < -0.3 is 9.84 Å². The standard InChI is InChI=1S/C17H23NO4/c1-3-15(17(21)22-4-2)18(14-8-9-14)11-12-6-5-7-13(10-12)16(19)20/h5-7,10,14-15H,3-4,8-9,11H2,1-2H3,(H,19,20). The van der Waals surface area contributed by atoms with Crippen molar-refractivity contribution in [1.82, 2.24) is 4.90 Å². The summed E-state index contributed by atoms with van der Waals surface area (Å²) in [5, 5.41) is 9.09. The highest BCUT2D eigenvalue weighted by atomic mass is 16.5. The Morgan fingerprint density at radius 2 is 2.09 bits per heavy atom. The SMILES string of the molecule is CCOC(=O)C(CC)N(Cc1cccc(C(=O)O)c1)C1CC1. The monoisotopic (exact) mass is 305 g/mol. The summed E-state index contributed by atoms with van der Waals surface area (Å²) in [5.74, 6) is -1.12. The van der Waals surface area contributed by atoms with E-state index in [1.807, 2.05) is 19.9 Å². The van der Waals surface area contributed by atoms with Gasteiger partial charge in [0.05, 0.1) is 12.2 Å². The molecular weight excluding hydrogens is 282 g/mol. The average molecular weight is 305 g/mol. The van der Waals surface area contributed by atoms with Gasteiger partial charge in [0.25, 0.3) is 0 Å². The Bertz CT molecular complexity index is 539. The van der Waals surface area contributed by atoms with Crippen LogP contribution in [0.1, 0.15) is 49.0 Å². The van der Waals surface area contributed by atoms with E-state index in [1.165, 1.54) is 0 Å². The summed E-state index contributed by atoms with van der Waals surface area (Å²) in [7, 11) is 0. The number of carboxylic acids is 1. The molecule has 1 aliphatic rings. The fourth-order valence-electron chi connectivity index (χ4n) is 2.69. The van der Waals surface area contributed by atoms with Crippen LogP contribution in [-0.2, 0) is 16.1 Å². The summed E-state index contributed by atoms with van der Waals surface area (Å²) in [6.07, 6.45) is 2.84. The molecule has 120 valence electrons. The number of esters is 1. The number of carbonyl (C=O) groups is 2. The van der Waals surface area contributed by atoms with E-state index < -0.39 is 5.97 Å². The lowest BCUT2D eigenvalue weighted by Crippen LogP contribution is -2.42. The molecule has 1 unspecified atom stereocenters. The highest BCUT2D eigenvalue weighted by Gasteiger charge is 2.37. The van der Waals surface area contributed by atoms with Crippen LogP contribution in [0.25, 0.3) is 0 Å². The number of nitrogens with zero attached hydrogens (tertiary/aromatic N) is 1. The molecule has 1 aromatic rings. The highest BCUT2D eigenvalue weighted by Crippen LogP contribution is 2.31. The van der Waals surface area contributed by atoms with E-state index in [-0.39, 0.29) is 17.6 Å². The van der Waals surface area contributed by atoms with Crippen molar-refractivity contribution >= 4 is 11.9 Å². The van der Waals surface area contributed by atoms with Crippen molar-refractivity contribution in [2.24, 2.45) is 0 Å². The molecule has 0 aromatic heterocycles. The minimum Gasteiger partial charge on any atom is -0.478 e. The second-order valence-electron chi connectivity index (χ2n) is 5.59. The van der Waals surface area contributed by atoms with Crippen molar-refractivity contribution in [3.8, 4) is 0 Å². The van der Waals surface area contributed by atoms with E-state index in [9.17, 15) is 9.59 Å². The van der Waals surface area contributed by atoms with Crippen LogP contribution in [0.4, 0.5) is 0 Å². The van der Waals surface area contributed by atoms with Crippen molar-refractivity contribution in [2.75, 3.05) is 6.61 Å². The van der Waals surface area contributed by atoms with Crippen LogP contribution in [-0.4, -0.2) is 40.6 Å². The fourth-order valence-corrected chi connectivity index (χ4v) is 2.69. The number of hydrogen-bond acceptors (Lipinski definition) is 4. The molecule has 2 rings (SSSR count). The molecule has 5 nitrogen and oxygen atoms in total. The molecular formula is C17H23NO4. The molecule has 1 fully saturated rings. The number of ether oxygens (including phenoxy) is 1. The predicted octanol–water partition coefficient (Wildman–Crippen LogP) is 2.69. The lowest BCUT2D eigenvalue weighted by Gasteiger charge is -2.29. The maximum absolute atomic E-state index is 12.2. The third-order valence-corrected chi connectivity index (χ3v) is 3.90. The van der Waals surface area contributed by atoms with Gasteiger partial charge in [0.1, 0.15) is 6.04 Å². The second kappa shape index (κ2) is 7.40. The lowest BCUT2D eigenvalue weighted by molar-refractivity contribution is -0.150. The minimum absolute atomic E-state index is 0.189. The van der Waals surface area contributed by atoms with Gasteiger partial charge in [0.15, 0.2) is 0 Å². The van der Waals surface area contributed by atoms with Gasteiger partial charge in [0.2, 0.25) is 0 Å². The maximum atomic E-state index is 12.2. The smallest absolute Gasteiger partial charge is 0.335 e. The van der Waals surface area contributed by atoms with Gasteiger partial charge >= 0.3 is 11.9 Å². The molecule has 0 heterocycles. The van der Waals surface area contributed by atoms with Gasteiger partial charge in [-0.15, -0.1) is 0 Å². The van der Waals surface area contributed by atoms with E-state index in [2.05, 4.69) is 4.90 Å². The van der Waals surface area contributed by atoms with Gasteiger partial charge in [-0.2, -0.15) is 0 Å². The van der Waals surface area contributed by atoms with Gasteiger partial charge in [-0.25, -0.2) is 4.79 Å². The first-order valence-corrected chi connectivity index (χ1v) is 7.81. The summed E-state index contributed by atoms with van der Waals surface area (Å²) >= 11 is 0. The Kier molecular flexibility index (Phi) is 5.55. The molecule has 1 aliphatic carbocycles. The molecule has 5 heteroatoms. The molecule has 1 N–H and O–H groups in total. The van der Waals surface area contributed by atoms with Crippen molar-refractivity contribution in [1.29, 1.82) is 0 Å². The Morgan fingerprint density at radius 1 is 1.36 bits per heavy atom. The molecule has 1 atom stereocenters. The second-order valence-corrected chi connectivity index (χ2v) is 5.59. The van der Waals surface area contributed by atoms with Crippen LogP contribution in [0.15, 0.2) is 24.3 Å². The van der Waals surface area contributed by atoms with Crippen LogP contribution in [0.5, 0.6) is 0 Å². The zero-order valence-corrected chi connectivity index (χ0v) is 13.1. The molecule has 0 aliphatic heterocycles. The van der Waals surface area contributed by atoms with E-state index >= 15 is 0 Å². The molecule has 0 saturated heterocycles. The number of hydrogen-bond donors (Lipinski definition) is 1. The summed E-state index contributed by atoms with van der Waals surface area (Å²) in [5.41, 5.74) is 1.19. The number of rotatable bonds is 8. The number of benzene rings is 1. The Morgan fingerprint density at radius 3 is 2.64 bits per heavy atom. The van der Waals surface area contributed by atoms with Crippen molar-refractivity contribution in [2.45, 2.75) is 51.7 Å². The molecule has 1 saturated carbocycles. The quantitative estimate of drug-likeness (QED) is 0.748. The zero-order chi connectivity index (χ0) is 16.1. The molecule has 0 radical (unpaired) electrons. The Balaban J connectivity index is 2.16. The van der Waals surface area contributed by atoms with Crippen LogP contribution in [0, 0.1) is 0 Å². The third kappa shape index (κ3) is 4.07. The highest BCUT2D eigenvalue weighted by molar-refractivity contribution is 5.87. The first-order valence-electron chi connectivity index (χ1n) is 7.81. The Labute approximate surface area is 130 Å². The van der Waals surface area contributed by atoms with Crippen LogP contribution in [0.2, 0.25) is 0 Å². The number of carboxylic acid groups (broad SMARTS) is 1. The van der Waals surface area contributed by atoms with E-state index in [0.29, 0.717) is 25.6 Å². The summed E-state index contributed by atoms with van der Waals surface area (Å²) < 4.78 is 5.18. The van der Waals surface area contributed by atoms with Gasteiger partial charge in [0, 0.05) is 12.6 Å². The topological polar surface area (TPSA) is 66.8 Å². The maximum Gasteiger partial charge on any atom is 0.335 e. The van der Waals surface area contributed by atoms with Gasteiger partial charge in [-0.1, -0.05) is 19.1 Å². The predicted molar refractivity (Wildman–Crippen MR) is 82.7 cm³/mol. The minimum atomic E-state index is -0.933. The number of carbonyl (C=O) groups excluding carboxylic acids is 1. The van der Waals surface area contributed by atoms with E-state index in [0.717, 1.165) is 18.4 Å². The average Bonchev–Trinajstić information content (AvgIpc) is 3.32. The summed E-state index contributed by atoms with van der Waals surface area (Å²) in [4.78, 5) is 25.4. The molecule has 1 aromatic carbocycles. The normalized spacial score (nSPS) is 15.6. The van der Waals surface area contributed by atoms with E-state index in [4.69, 9.17) is 9.84 Å². The van der Waals surface area contributed by atoms with Crippen molar-refractivity contribution in [3.05, 3.63) is 35.4 Å². The third-order valence-electron chi connectivity index (χ3n) is 3.90. The first-order chi connectivity index (χ1) is 10.6. The van der Waals surface area contributed by atoms with Gasteiger partial charge in [-0.05, 0) is 43.9 Å². The lowest BCUT2D eigenvalue weighted by atomic mass is 10.1. The first kappa shape index (κ1) is 16.5. The van der Waals surface area contributed by atoms with Crippen molar-refractivity contribution < 1.29 is 19.4 Å². The fraction of sp³-hybridized carbons (Fsp3) is 0.529. The molecule has 0 amide bonds. The number of aromatic carboxylic acids is 1. The van der Waals surface area contributed by atoms with Crippen LogP contribution in [0.3, 0.4) is 0 Å². The van der Waals surface area contributed by atoms with Crippen LogP contribution < -0.4 is 0 Å². The molecule has 0 spiro atoms. The summed E-state index contributed by atoms with van der Waals surface area (Å²) in [6.45, 7) is 4.73. The van der Waals surface area contributed by atoms with Gasteiger partial charge in [-0.3, -0.25) is 9.69 Å². The van der Waals surface area contributed by atoms with Crippen LogP contribution >= 0.6 is 0 Å². The van der Waals surface area contributed by atoms with Crippen molar-refractivity contribution in [3.63, 3.8) is 0 Å². The zero-order valence-electron chi connectivity index (χ0n) is 13.1. The molecule has 0 bridgehead atoms. The summed E-state index contributed by atoms with van der Waals surface area (Å²) in [6, 6.07) is 7.03. The van der Waals surface area contributed by atoms with E-state index in [1.54, 1.807) is 18.2 Å². The largest absolute Gasteiger partial charge is 0.478 e.